The van der Waals surface area contributed by atoms with Crippen LogP contribution >= 0.6 is 0 Å². The van der Waals surface area contributed by atoms with Crippen molar-refractivity contribution in [1.29, 1.82) is 0 Å². The SMILES string of the molecule is Cc1ccc(-c2cc3c4c(c2)n2c5cc6ccccc6cc5nc2n4c2nc4cc5ccccc5cc4n32)cc1. The predicted octanol–water partition coefficient (Wildman–Crippen LogP) is 8.41. The molecule has 0 saturated heterocycles. The van der Waals surface area contributed by atoms with Crippen LogP contribution in [-0.2, 0) is 0 Å². The van der Waals surface area contributed by atoms with E-state index in [2.05, 4.69) is 129 Å². The van der Waals surface area contributed by atoms with Crippen LogP contribution in [0.2, 0.25) is 0 Å². The van der Waals surface area contributed by atoms with Crippen molar-refractivity contribution in [1.82, 2.24) is 23.2 Å². The third-order valence-corrected chi connectivity index (χ3v) is 8.57. The number of nitrogens with zero attached hydrogens (tertiary/aromatic N) is 5. The van der Waals surface area contributed by atoms with Crippen molar-refractivity contribution < 1.29 is 0 Å². The zero-order valence-corrected chi connectivity index (χ0v) is 21.6. The molecule has 6 aromatic carbocycles. The highest BCUT2D eigenvalue weighted by atomic mass is 15.3. The van der Waals surface area contributed by atoms with Crippen LogP contribution in [0.4, 0.5) is 0 Å². The number of imidazole rings is 4. The van der Waals surface area contributed by atoms with E-state index in [9.17, 15) is 0 Å². The first-order chi connectivity index (χ1) is 19.7. The lowest BCUT2D eigenvalue weighted by atomic mass is 10.0. The van der Waals surface area contributed by atoms with Crippen LogP contribution in [0.25, 0.3) is 82.8 Å². The minimum absolute atomic E-state index is 0.890. The minimum Gasteiger partial charge on any atom is -0.276 e. The highest BCUT2D eigenvalue weighted by molar-refractivity contribution is 6.08. The van der Waals surface area contributed by atoms with Gasteiger partial charge in [-0.15, -0.1) is 0 Å². The molecule has 0 N–H and O–H groups in total. The van der Waals surface area contributed by atoms with E-state index in [-0.39, 0.29) is 0 Å². The average Bonchev–Trinajstić information content (AvgIpc) is 3.69. The molecule has 0 aliphatic heterocycles. The first-order valence-electron chi connectivity index (χ1n) is 13.6. The largest absolute Gasteiger partial charge is 0.276 e. The number of aromatic nitrogens is 5. The van der Waals surface area contributed by atoms with Gasteiger partial charge in [-0.25, -0.2) is 14.4 Å². The van der Waals surface area contributed by atoms with Crippen LogP contribution in [0.15, 0.2) is 109 Å². The zero-order valence-electron chi connectivity index (χ0n) is 21.6. The van der Waals surface area contributed by atoms with E-state index in [0.29, 0.717) is 0 Å². The summed E-state index contributed by atoms with van der Waals surface area (Å²) in [6.45, 7) is 2.13. The van der Waals surface area contributed by atoms with Crippen LogP contribution in [0, 0.1) is 6.92 Å². The van der Waals surface area contributed by atoms with Crippen molar-refractivity contribution in [3.8, 4) is 11.1 Å². The van der Waals surface area contributed by atoms with Gasteiger partial charge in [0.15, 0.2) is 0 Å². The summed E-state index contributed by atoms with van der Waals surface area (Å²) >= 11 is 0. The summed E-state index contributed by atoms with van der Waals surface area (Å²) in [7, 11) is 0. The summed E-state index contributed by atoms with van der Waals surface area (Å²) in [5.41, 5.74) is 11.3. The summed E-state index contributed by atoms with van der Waals surface area (Å²) in [4.78, 5) is 10.4. The standard InChI is InChI=1S/C35H21N5/c1-20-10-12-21(13-11-20)26-18-31-33-32(19-26)39-30-17-25-9-5-3-7-23(25)15-28(30)37-35(39)40(33)34-36-27-14-22-6-2-4-8-24(22)16-29(27)38(31)34/h2-19H,1H3. The van der Waals surface area contributed by atoms with Crippen molar-refractivity contribution >= 4 is 71.7 Å². The van der Waals surface area contributed by atoms with Crippen LogP contribution in [0.5, 0.6) is 0 Å². The van der Waals surface area contributed by atoms with Gasteiger partial charge in [0.25, 0.3) is 0 Å². The highest BCUT2D eigenvalue weighted by Crippen LogP contribution is 2.38. The Morgan fingerprint density at radius 2 is 0.925 bits per heavy atom. The Morgan fingerprint density at radius 3 is 1.43 bits per heavy atom. The van der Waals surface area contributed by atoms with Gasteiger partial charge in [-0.3, -0.25) is 8.80 Å². The van der Waals surface area contributed by atoms with Gasteiger partial charge in [-0.05, 0) is 76.0 Å². The predicted molar refractivity (Wildman–Crippen MR) is 164 cm³/mol. The maximum Gasteiger partial charge on any atom is 0.223 e. The second-order valence-corrected chi connectivity index (χ2v) is 10.9. The van der Waals surface area contributed by atoms with E-state index in [0.717, 1.165) is 50.2 Å². The van der Waals surface area contributed by atoms with Crippen molar-refractivity contribution in [2.75, 3.05) is 0 Å². The molecule has 0 bridgehead atoms. The number of hydrogen-bond acceptors (Lipinski definition) is 2. The molecule has 0 amide bonds. The third kappa shape index (κ3) is 2.47. The molecule has 0 spiro atoms. The van der Waals surface area contributed by atoms with Gasteiger partial charge in [-0.1, -0.05) is 78.4 Å². The first kappa shape index (κ1) is 20.5. The summed E-state index contributed by atoms with van der Waals surface area (Å²) < 4.78 is 6.88. The quantitative estimate of drug-likeness (QED) is 0.222. The van der Waals surface area contributed by atoms with Gasteiger partial charge in [-0.2, -0.15) is 0 Å². The monoisotopic (exact) mass is 511 g/mol. The zero-order chi connectivity index (χ0) is 26.1. The van der Waals surface area contributed by atoms with Crippen LogP contribution in [0.3, 0.4) is 0 Å². The molecule has 5 heteroatoms. The van der Waals surface area contributed by atoms with Gasteiger partial charge < -0.3 is 0 Å². The van der Waals surface area contributed by atoms with Gasteiger partial charge in [0.1, 0.15) is 5.52 Å². The molecular formula is C35H21N5. The molecule has 0 unspecified atom stereocenters. The molecule has 0 aliphatic carbocycles. The lowest BCUT2D eigenvalue weighted by Gasteiger charge is -2.06. The molecule has 0 atom stereocenters. The summed E-state index contributed by atoms with van der Waals surface area (Å²) in [6.07, 6.45) is 0. The molecular weight excluding hydrogens is 490 g/mol. The fourth-order valence-corrected chi connectivity index (χ4v) is 6.65. The second-order valence-electron chi connectivity index (χ2n) is 10.9. The molecule has 186 valence electrons. The molecule has 4 aromatic heterocycles. The molecule has 0 radical (unpaired) electrons. The smallest absolute Gasteiger partial charge is 0.223 e. The van der Waals surface area contributed by atoms with Gasteiger partial charge in [0, 0.05) is 0 Å². The maximum absolute atomic E-state index is 5.22. The van der Waals surface area contributed by atoms with E-state index in [1.54, 1.807) is 0 Å². The van der Waals surface area contributed by atoms with Crippen molar-refractivity contribution in [2.45, 2.75) is 6.92 Å². The Bertz CT molecular complexity index is 2490. The number of rotatable bonds is 1. The fraction of sp³-hybridized carbons (Fsp3) is 0.0286. The maximum atomic E-state index is 5.22. The molecule has 10 aromatic rings. The summed E-state index contributed by atoms with van der Waals surface area (Å²) in [6, 6.07) is 39.4. The Labute approximate surface area is 227 Å². The van der Waals surface area contributed by atoms with Crippen molar-refractivity contribution in [3.63, 3.8) is 0 Å². The molecule has 5 nitrogen and oxygen atoms in total. The van der Waals surface area contributed by atoms with Gasteiger partial charge >= 0.3 is 0 Å². The summed E-state index contributed by atoms with van der Waals surface area (Å²) in [5.74, 6) is 1.78. The Hall–Kier alpha value is -5.42. The van der Waals surface area contributed by atoms with Gasteiger partial charge in [0.05, 0.1) is 33.1 Å². The van der Waals surface area contributed by atoms with Crippen molar-refractivity contribution in [2.24, 2.45) is 0 Å². The van der Waals surface area contributed by atoms with E-state index in [1.165, 1.54) is 38.2 Å². The van der Waals surface area contributed by atoms with E-state index in [1.807, 2.05) is 0 Å². The fourth-order valence-electron chi connectivity index (χ4n) is 6.65. The molecule has 0 fully saturated rings. The Morgan fingerprint density at radius 1 is 0.450 bits per heavy atom. The number of hydrogen-bond donors (Lipinski definition) is 0. The number of fused-ring (bicyclic) bond motifs is 12. The molecule has 10 rings (SSSR count). The second kappa shape index (κ2) is 6.96. The lowest BCUT2D eigenvalue weighted by molar-refractivity contribution is 1.15. The molecule has 40 heavy (non-hydrogen) atoms. The topological polar surface area (TPSA) is 39.0 Å². The lowest BCUT2D eigenvalue weighted by Crippen LogP contribution is -1.89. The van der Waals surface area contributed by atoms with E-state index >= 15 is 0 Å². The molecule has 0 saturated carbocycles. The normalized spacial score (nSPS) is 12.6. The van der Waals surface area contributed by atoms with E-state index in [4.69, 9.17) is 9.97 Å². The van der Waals surface area contributed by atoms with E-state index < -0.39 is 0 Å². The Kier molecular flexibility index (Phi) is 3.57. The summed E-state index contributed by atoms with van der Waals surface area (Å²) in [5, 5.41) is 4.81. The molecule has 0 aliphatic rings. The molecule has 4 heterocycles. The van der Waals surface area contributed by atoms with Crippen LogP contribution in [-0.4, -0.2) is 23.2 Å². The first-order valence-corrected chi connectivity index (χ1v) is 13.6. The number of benzene rings is 6. The van der Waals surface area contributed by atoms with Crippen molar-refractivity contribution in [3.05, 3.63) is 115 Å². The van der Waals surface area contributed by atoms with Crippen LogP contribution < -0.4 is 0 Å². The van der Waals surface area contributed by atoms with Gasteiger partial charge in [0.2, 0.25) is 11.6 Å². The van der Waals surface area contributed by atoms with Crippen LogP contribution in [0.1, 0.15) is 5.56 Å². The Balaban J connectivity index is 1.45. The number of aryl methyl sites for hydroxylation is 1. The highest BCUT2D eigenvalue weighted by Gasteiger charge is 2.25. The minimum atomic E-state index is 0.890. The third-order valence-electron chi connectivity index (χ3n) is 8.57. The average molecular weight is 512 g/mol.